The summed E-state index contributed by atoms with van der Waals surface area (Å²) in [6, 6.07) is 8.22. The summed E-state index contributed by atoms with van der Waals surface area (Å²) in [6.45, 7) is 5.31. The fourth-order valence-electron chi connectivity index (χ4n) is 4.65. The van der Waals surface area contributed by atoms with Gasteiger partial charge in [0.2, 0.25) is 0 Å². The van der Waals surface area contributed by atoms with E-state index in [0.29, 0.717) is 5.56 Å². The van der Waals surface area contributed by atoms with Gasteiger partial charge in [0.25, 0.3) is 5.91 Å². The zero-order chi connectivity index (χ0) is 23.2. The number of aromatic amines is 1. The lowest BCUT2D eigenvalue weighted by Crippen LogP contribution is -2.47. The quantitative estimate of drug-likeness (QED) is 0.453. The van der Waals surface area contributed by atoms with Crippen molar-refractivity contribution in [2.75, 3.05) is 33.2 Å². The molecule has 1 amide bonds. The summed E-state index contributed by atoms with van der Waals surface area (Å²) in [4.78, 5) is 29.6. The number of hydrogen-bond donors (Lipinski definition) is 1. The minimum absolute atomic E-state index is 0.0372. The second-order valence-corrected chi connectivity index (χ2v) is 8.91. The molecule has 8 nitrogen and oxygen atoms in total. The molecule has 5 aromatic rings. The lowest BCUT2D eigenvalue weighted by Gasteiger charge is -2.32. The van der Waals surface area contributed by atoms with Crippen LogP contribution in [0.1, 0.15) is 15.9 Å². The number of rotatable bonds is 3. The number of hydrogen-bond acceptors (Lipinski definition) is 5. The van der Waals surface area contributed by atoms with E-state index in [-0.39, 0.29) is 5.91 Å². The molecule has 8 heteroatoms. The van der Waals surface area contributed by atoms with Gasteiger partial charge in [0, 0.05) is 79.2 Å². The van der Waals surface area contributed by atoms with Gasteiger partial charge < -0.3 is 14.8 Å². The molecular weight excluding hydrogens is 426 g/mol. The van der Waals surface area contributed by atoms with Crippen molar-refractivity contribution in [2.24, 2.45) is 0 Å². The van der Waals surface area contributed by atoms with E-state index in [0.717, 1.165) is 70.5 Å². The minimum Gasteiger partial charge on any atom is -0.346 e. The first-order valence-electron chi connectivity index (χ1n) is 11.4. The van der Waals surface area contributed by atoms with Gasteiger partial charge in [0.1, 0.15) is 5.65 Å². The van der Waals surface area contributed by atoms with Gasteiger partial charge in [0.05, 0.1) is 17.3 Å². The molecule has 1 aliphatic heterocycles. The van der Waals surface area contributed by atoms with E-state index < -0.39 is 0 Å². The molecule has 0 bridgehead atoms. The maximum Gasteiger partial charge on any atom is 0.257 e. The smallest absolute Gasteiger partial charge is 0.257 e. The third-order valence-corrected chi connectivity index (χ3v) is 6.73. The summed E-state index contributed by atoms with van der Waals surface area (Å²) in [6.07, 6.45) is 11.1. The number of aryl methyl sites for hydroxylation is 1. The van der Waals surface area contributed by atoms with E-state index in [9.17, 15) is 4.79 Å². The number of fused-ring (bicyclic) bond motifs is 2. The molecule has 6 rings (SSSR count). The van der Waals surface area contributed by atoms with Crippen molar-refractivity contribution in [3.8, 4) is 22.3 Å². The van der Waals surface area contributed by atoms with Crippen LogP contribution in [0.5, 0.6) is 0 Å². The van der Waals surface area contributed by atoms with Crippen molar-refractivity contribution in [2.45, 2.75) is 6.92 Å². The number of H-pyrrole nitrogens is 1. The molecule has 1 N–H and O–H groups in total. The second kappa shape index (κ2) is 8.07. The van der Waals surface area contributed by atoms with Crippen molar-refractivity contribution in [3.05, 3.63) is 72.6 Å². The van der Waals surface area contributed by atoms with Crippen molar-refractivity contribution < 1.29 is 4.79 Å². The molecular formula is C26H25N7O. The Labute approximate surface area is 196 Å². The number of piperazine rings is 1. The van der Waals surface area contributed by atoms with E-state index in [1.54, 1.807) is 16.9 Å². The molecule has 0 atom stereocenters. The fourth-order valence-corrected chi connectivity index (χ4v) is 4.65. The molecule has 34 heavy (non-hydrogen) atoms. The van der Waals surface area contributed by atoms with Gasteiger partial charge in [-0.2, -0.15) is 5.10 Å². The van der Waals surface area contributed by atoms with Crippen LogP contribution in [0.25, 0.3) is 38.8 Å². The summed E-state index contributed by atoms with van der Waals surface area (Å²) in [5.74, 6) is 0.0372. The molecule has 0 radical (unpaired) electrons. The Bertz CT molecular complexity index is 1530. The normalized spacial score (nSPS) is 14.8. The van der Waals surface area contributed by atoms with Gasteiger partial charge in [-0.15, -0.1) is 0 Å². The fraction of sp³-hybridized carbons (Fsp3) is 0.231. The monoisotopic (exact) mass is 451 g/mol. The van der Waals surface area contributed by atoms with E-state index >= 15 is 0 Å². The van der Waals surface area contributed by atoms with Gasteiger partial charge in [-0.05, 0) is 49.4 Å². The zero-order valence-electron chi connectivity index (χ0n) is 19.2. The third kappa shape index (κ3) is 3.43. The maximum atomic E-state index is 13.3. The van der Waals surface area contributed by atoms with Crippen molar-refractivity contribution in [3.63, 3.8) is 0 Å². The van der Waals surface area contributed by atoms with Crippen LogP contribution in [0.4, 0.5) is 0 Å². The first-order valence-corrected chi connectivity index (χ1v) is 11.4. The van der Waals surface area contributed by atoms with E-state index in [4.69, 9.17) is 0 Å². The van der Waals surface area contributed by atoms with Gasteiger partial charge in [-0.3, -0.25) is 9.78 Å². The van der Waals surface area contributed by atoms with Crippen molar-refractivity contribution in [1.29, 1.82) is 0 Å². The summed E-state index contributed by atoms with van der Waals surface area (Å²) in [7, 11) is 2.08. The number of amides is 1. The summed E-state index contributed by atoms with van der Waals surface area (Å²) in [5.41, 5.74) is 7.55. The predicted molar refractivity (Wildman–Crippen MR) is 132 cm³/mol. The van der Waals surface area contributed by atoms with E-state index in [1.807, 2.05) is 47.9 Å². The Kier molecular flexibility index (Phi) is 4.88. The number of nitrogens with zero attached hydrogens (tertiary/aromatic N) is 6. The summed E-state index contributed by atoms with van der Waals surface area (Å²) < 4.78 is 1.77. The Balaban J connectivity index is 1.41. The SMILES string of the molecule is Cc1ccncc1-c1cnc2[nH]cc(-c3ccn4ncc(C(=O)N5CCN(C)CC5)c4c3)c2c1. The average molecular weight is 452 g/mol. The molecule has 0 spiro atoms. The van der Waals surface area contributed by atoms with Crippen molar-refractivity contribution in [1.82, 2.24) is 34.4 Å². The molecule has 0 aliphatic carbocycles. The Morgan fingerprint density at radius 2 is 1.85 bits per heavy atom. The highest BCUT2D eigenvalue weighted by Gasteiger charge is 2.23. The molecule has 1 saturated heterocycles. The topological polar surface area (TPSA) is 82.4 Å². The third-order valence-electron chi connectivity index (χ3n) is 6.73. The molecule has 1 aliphatic rings. The van der Waals surface area contributed by atoms with Crippen LogP contribution in [0.15, 0.2) is 61.4 Å². The van der Waals surface area contributed by atoms with Crippen LogP contribution in [0, 0.1) is 6.92 Å². The Morgan fingerprint density at radius 3 is 2.68 bits per heavy atom. The highest BCUT2D eigenvalue weighted by atomic mass is 16.2. The van der Waals surface area contributed by atoms with Gasteiger partial charge >= 0.3 is 0 Å². The van der Waals surface area contributed by atoms with E-state index in [1.165, 1.54) is 0 Å². The largest absolute Gasteiger partial charge is 0.346 e. The number of aromatic nitrogens is 5. The summed E-state index contributed by atoms with van der Waals surface area (Å²) >= 11 is 0. The van der Waals surface area contributed by atoms with Crippen molar-refractivity contribution >= 4 is 22.5 Å². The Hall–Kier alpha value is -4.04. The standard InChI is InChI=1S/C26H25N7O/c1-17-3-5-27-14-21(17)19-11-20-22(15-29-25(20)28-13-19)18-4-6-33-24(12-18)23(16-30-33)26(34)32-9-7-31(2)8-10-32/h3-6,11-16H,7-10H2,1-2H3,(H,28,29). The van der Waals surface area contributed by atoms with Crippen LogP contribution in [0.2, 0.25) is 0 Å². The molecule has 1 fully saturated rings. The van der Waals surface area contributed by atoms with E-state index in [2.05, 4.69) is 45.0 Å². The second-order valence-electron chi connectivity index (χ2n) is 8.91. The summed E-state index contributed by atoms with van der Waals surface area (Å²) in [5, 5.41) is 5.45. The number of likely N-dealkylation sites (N-methyl/N-ethyl adjacent to an activating group) is 1. The van der Waals surface area contributed by atoms with Gasteiger partial charge in [-0.1, -0.05) is 0 Å². The van der Waals surface area contributed by atoms with Crippen LogP contribution in [-0.4, -0.2) is 73.5 Å². The molecule has 0 saturated carbocycles. The van der Waals surface area contributed by atoms with Crippen LogP contribution in [-0.2, 0) is 0 Å². The first kappa shape index (κ1) is 20.6. The van der Waals surface area contributed by atoms with Gasteiger partial charge in [-0.25, -0.2) is 9.50 Å². The van der Waals surface area contributed by atoms with Crippen LogP contribution in [0.3, 0.4) is 0 Å². The molecule has 0 unspecified atom stereocenters. The Morgan fingerprint density at radius 1 is 1.00 bits per heavy atom. The lowest BCUT2D eigenvalue weighted by atomic mass is 10.0. The molecule has 6 heterocycles. The average Bonchev–Trinajstić information content (AvgIpc) is 3.48. The number of carbonyl (C=O) groups excluding carboxylic acids is 1. The maximum absolute atomic E-state index is 13.3. The highest BCUT2D eigenvalue weighted by Crippen LogP contribution is 2.32. The highest BCUT2D eigenvalue weighted by molar-refractivity contribution is 6.02. The lowest BCUT2D eigenvalue weighted by molar-refractivity contribution is 0.0666. The number of pyridine rings is 3. The van der Waals surface area contributed by atoms with Crippen LogP contribution < -0.4 is 0 Å². The first-order chi connectivity index (χ1) is 16.6. The predicted octanol–water partition coefficient (Wildman–Crippen LogP) is 3.64. The number of carbonyl (C=O) groups is 1. The van der Waals surface area contributed by atoms with Gasteiger partial charge in [0.15, 0.2) is 0 Å². The molecule has 170 valence electrons. The minimum atomic E-state index is 0.0372. The molecule has 0 aromatic carbocycles. The zero-order valence-corrected chi connectivity index (χ0v) is 19.2. The van der Waals surface area contributed by atoms with Crippen LogP contribution >= 0.6 is 0 Å². The molecule has 5 aromatic heterocycles. The number of nitrogens with one attached hydrogen (secondary N) is 1.